The number of nitrogens with zero attached hydrogens (tertiary/aromatic N) is 4. The molecule has 10 aromatic rings. The molecule has 0 spiro atoms. The van der Waals surface area contributed by atoms with E-state index in [9.17, 15) is 0 Å². The van der Waals surface area contributed by atoms with E-state index >= 15 is 0 Å². The highest BCUT2D eigenvalue weighted by atomic mass is 32.1. The van der Waals surface area contributed by atoms with Gasteiger partial charge in [-0.3, -0.25) is 4.98 Å². The molecule has 0 radical (unpaired) electrons. The van der Waals surface area contributed by atoms with Gasteiger partial charge in [-0.25, -0.2) is 9.97 Å². The van der Waals surface area contributed by atoms with Gasteiger partial charge in [-0.1, -0.05) is 78.9 Å². The van der Waals surface area contributed by atoms with Crippen molar-refractivity contribution in [1.29, 1.82) is 0 Å². The number of hydrogen-bond acceptors (Lipinski definition) is 6. The molecule has 0 saturated carbocycles. The third-order valence-corrected chi connectivity index (χ3v) is 11.8. The third-order valence-electron chi connectivity index (χ3n) is 9.62. The Bertz CT molecular complexity index is 2690. The van der Waals surface area contributed by atoms with Crippen molar-refractivity contribution >= 4 is 71.1 Å². The van der Waals surface area contributed by atoms with Crippen molar-refractivity contribution in [2.75, 3.05) is 4.90 Å². The average molecular weight is 715 g/mol. The van der Waals surface area contributed by atoms with Gasteiger partial charge in [0.25, 0.3) is 0 Å². The third kappa shape index (κ3) is 6.04. The molecule has 0 saturated heterocycles. The molecule has 0 bridgehead atoms. The van der Waals surface area contributed by atoms with Crippen LogP contribution in [0.2, 0.25) is 0 Å². The number of thiazole rings is 2. The highest BCUT2D eigenvalue weighted by molar-refractivity contribution is 7.22. The molecule has 0 atom stereocenters. The van der Waals surface area contributed by atoms with Crippen molar-refractivity contribution in [3.8, 4) is 43.4 Å². The Hall–Kier alpha value is -6.47. The normalized spacial score (nSPS) is 11.4. The summed E-state index contributed by atoms with van der Waals surface area (Å²) in [5, 5.41) is 3.20. The van der Waals surface area contributed by atoms with Crippen LogP contribution in [0, 0.1) is 0 Å². The van der Waals surface area contributed by atoms with E-state index in [-0.39, 0.29) is 0 Å². The van der Waals surface area contributed by atoms with Crippen molar-refractivity contribution in [2.24, 2.45) is 0 Å². The molecule has 0 N–H and O–H groups in total. The van der Waals surface area contributed by atoms with Gasteiger partial charge in [0.05, 0.1) is 25.9 Å². The molecule has 0 aliphatic carbocycles. The van der Waals surface area contributed by atoms with Gasteiger partial charge in [0.1, 0.15) is 10.0 Å². The van der Waals surface area contributed by atoms with Gasteiger partial charge >= 0.3 is 0 Å². The summed E-state index contributed by atoms with van der Waals surface area (Å²) in [4.78, 5) is 16.6. The number of fused-ring (bicyclic) bond motifs is 3. The molecule has 6 heteroatoms. The quantitative estimate of drug-likeness (QED) is 0.165. The van der Waals surface area contributed by atoms with E-state index in [2.05, 4.69) is 168 Å². The summed E-state index contributed by atoms with van der Waals surface area (Å²) < 4.78 is 2.39. The number of aromatic nitrogens is 3. The van der Waals surface area contributed by atoms with Gasteiger partial charge < -0.3 is 4.90 Å². The number of pyridine rings is 1. The van der Waals surface area contributed by atoms with Crippen LogP contribution in [-0.4, -0.2) is 15.0 Å². The molecule has 3 heterocycles. The highest BCUT2D eigenvalue weighted by Gasteiger charge is 2.16. The van der Waals surface area contributed by atoms with E-state index in [4.69, 9.17) is 9.97 Å². The van der Waals surface area contributed by atoms with Gasteiger partial charge in [0, 0.05) is 39.8 Å². The van der Waals surface area contributed by atoms with Crippen molar-refractivity contribution in [1.82, 2.24) is 15.0 Å². The smallest absolute Gasteiger partial charge is 0.124 e. The fourth-order valence-corrected chi connectivity index (χ4v) is 8.79. The Morgan fingerprint density at radius 3 is 1.30 bits per heavy atom. The van der Waals surface area contributed by atoms with Gasteiger partial charge in [-0.2, -0.15) is 0 Å². The minimum absolute atomic E-state index is 1.01. The van der Waals surface area contributed by atoms with Crippen LogP contribution in [0.25, 0.3) is 74.7 Å². The lowest BCUT2D eigenvalue weighted by Gasteiger charge is -2.26. The number of para-hydroxylation sites is 2. The van der Waals surface area contributed by atoms with E-state index in [1.54, 1.807) is 22.7 Å². The van der Waals surface area contributed by atoms with E-state index in [0.29, 0.717) is 0 Å². The molecule has 0 fully saturated rings. The lowest BCUT2D eigenvalue weighted by atomic mass is 9.99. The Balaban J connectivity index is 0.975. The summed E-state index contributed by atoms with van der Waals surface area (Å²) in [6, 6.07) is 62.3. The molecule has 250 valence electrons. The van der Waals surface area contributed by atoms with Crippen molar-refractivity contribution in [3.63, 3.8) is 0 Å². The summed E-state index contributed by atoms with van der Waals surface area (Å²) in [5.41, 5.74) is 13.2. The zero-order valence-corrected chi connectivity index (χ0v) is 30.1. The molecule has 0 aliphatic heterocycles. The fourth-order valence-electron chi connectivity index (χ4n) is 6.85. The van der Waals surface area contributed by atoms with Crippen LogP contribution < -0.4 is 4.90 Å². The number of benzene rings is 7. The van der Waals surface area contributed by atoms with E-state index in [1.807, 2.05) is 24.4 Å². The molecule has 10 rings (SSSR count). The molecule has 0 amide bonds. The summed E-state index contributed by atoms with van der Waals surface area (Å²) in [6.07, 6.45) is 1.85. The molecule has 4 nitrogen and oxygen atoms in total. The summed E-state index contributed by atoms with van der Waals surface area (Å²) in [7, 11) is 0. The zero-order chi connectivity index (χ0) is 35.1. The molecule has 3 aromatic heterocycles. The monoisotopic (exact) mass is 714 g/mol. The van der Waals surface area contributed by atoms with Crippen LogP contribution in [0.3, 0.4) is 0 Å². The topological polar surface area (TPSA) is 41.9 Å². The lowest BCUT2D eigenvalue weighted by molar-refractivity contribution is 1.28. The van der Waals surface area contributed by atoms with E-state index in [0.717, 1.165) is 71.3 Å². The van der Waals surface area contributed by atoms with Gasteiger partial charge in [-0.05, 0) is 119 Å². The van der Waals surface area contributed by atoms with Gasteiger partial charge in [0.2, 0.25) is 0 Å². The first-order valence-electron chi connectivity index (χ1n) is 17.5. The fraction of sp³-hybridized carbons (Fsp3) is 0. The number of anilines is 3. The summed E-state index contributed by atoms with van der Waals surface area (Å²) >= 11 is 3.45. The molecule has 7 aromatic carbocycles. The minimum atomic E-state index is 1.01. The molecule has 0 unspecified atom stereocenters. The van der Waals surface area contributed by atoms with Gasteiger partial charge in [0.15, 0.2) is 0 Å². The maximum atomic E-state index is 4.90. The van der Waals surface area contributed by atoms with E-state index in [1.165, 1.54) is 20.5 Å². The maximum Gasteiger partial charge on any atom is 0.124 e. The standard InChI is InChI=1S/C47H30N4S2/c1-3-9-44-41(7-1)49-46(52-44)35-19-25-39(26-20-35)51(40-27-21-36(22-28-40)47-50-42-8-2-4-10-45(42)53-47)38-23-17-32(18-24-38)31-11-13-33(14-12-31)37-16-15-34-6-5-29-48-43(34)30-37/h1-30H. The van der Waals surface area contributed by atoms with E-state index < -0.39 is 0 Å². The first kappa shape index (κ1) is 31.3. The second kappa shape index (κ2) is 13.3. The van der Waals surface area contributed by atoms with Crippen LogP contribution in [0.1, 0.15) is 0 Å². The maximum absolute atomic E-state index is 4.90. The zero-order valence-electron chi connectivity index (χ0n) is 28.4. The molecular formula is C47H30N4S2. The van der Waals surface area contributed by atoms with Crippen LogP contribution in [0.4, 0.5) is 17.1 Å². The second-order valence-corrected chi connectivity index (χ2v) is 15.0. The Labute approximate surface area is 315 Å². The number of hydrogen-bond donors (Lipinski definition) is 0. The molecule has 0 aliphatic rings. The second-order valence-electron chi connectivity index (χ2n) is 12.9. The van der Waals surface area contributed by atoms with Crippen LogP contribution in [0.15, 0.2) is 182 Å². The first-order valence-corrected chi connectivity index (χ1v) is 19.1. The predicted octanol–water partition coefficient (Wildman–Crippen LogP) is 13.6. The molecular weight excluding hydrogens is 685 g/mol. The Kier molecular flexibility index (Phi) is 7.82. The highest BCUT2D eigenvalue weighted by Crippen LogP contribution is 2.39. The van der Waals surface area contributed by atoms with Crippen molar-refractivity contribution in [3.05, 3.63) is 182 Å². The van der Waals surface area contributed by atoms with Crippen LogP contribution in [-0.2, 0) is 0 Å². The Morgan fingerprint density at radius 2 is 0.792 bits per heavy atom. The van der Waals surface area contributed by atoms with Crippen LogP contribution in [0.5, 0.6) is 0 Å². The minimum Gasteiger partial charge on any atom is -0.311 e. The SMILES string of the molecule is c1cnc2cc(-c3ccc(-c4ccc(N(c5ccc(-c6nc7ccccc7s6)cc5)c5ccc(-c6nc7ccccc7s6)cc5)cc4)cc3)ccc2c1. The average Bonchev–Trinajstić information content (AvgIpc) is 3.87. The Morgan fingerprint density at radius 1 is 0.358 bits per heavy atom. The van der Waals surface area contributed by atoms with Crippen molar-refractivity contribution in [2.45, 2.75) is 0 Å². The largest absolute Gasteiger partial charge is 0.311 e. The molecule has 53 heavy (non-hydrogen) atoms. The summed E-state index contributed by atoms with van der Waals surface area (Å²) in [5.74, 6) is 0. The first-order chi connectivity index (χ1) is 26.2. The number of rotatable bonds is 7. The predicted molar refractivity (Wildman–Crippen MR) is 225 cm³/mol. The van der Waals surface area contributed by atoms with Crippen LogP contribution >= 0.6 is 22.7 Å². The lowest BCUT2D eigenvalue weighted by Crippen LogP contribution is -2.09. The summed E-state index contributed by atoms with van der Waals surface area (Å²) in [6.45, 7) is 0. The van der Waals surface area contributed by atoms with Gasteiger partial charge in [-0.15, -0.1) is 22.7 Å². The van der Waals surface area contributed by atoms with Crippen molar-refractivity contribution < 1.29 is 0 Å².